The number of esters is 1. The van der Waals surface area contributed by atoms with Crippen LogP contribution in [-0.2, 0) is 9.53 Å². The maximum absolute atomic E-state index is 11.1. The number of carbonyl (C=O) groups is 1. The molecule has 1 rings (SSSR count). The maximum Gasteiger partial charge on any atom is 0.308 e. The first-order valence-corrected chi connectivity index (χ1v) is 6.79. The Morgan fingerprint density at radius 1 is 1.30 bits per heavy atom. The van der Waals surface area contributed by atoms with E-state index in [4.69, 9.17) is 21.1 Å². The van der Waals surface area contributed by atoms with Crippen LogP contribution in [0.15, 0.2) is 24.3 Å². The minimum atomic E-state index is -0.959. The molecule has 0 amide bonds. The van der Waals surface area contributed by atoms with Gasteiger partial charge >= 0.3 is 5.97 Å². The lowest BCUT2D eigenvalue weighted by molar-refractivity contribution is -0.145. The molecule has 112 valence electrons. The van der Waals surface area contributed by atoms with E-state index in [-0.39, 0.29) is 26.1 Å². The number of carbonyl (C=O) groups excluding carboxylic acids is 1. The van der Waals surface area contributed by atoms with Crippen LogP contribution < -0.4 is 4.74 Å². The van der Waals surface area contributed by atoms with Crippen LogP contribution in [0.25, 0.3) is 0 Å². The highest BCUT2D eigenvalue weighted by Gasteiger charge is 2.17. The van der Waals surface area contributed by atoms with Crippen LogP contribution in [0.1, 0.15) is 19.8 Å². The van der Waals surface area contributed by atoms with Gasteiger partial charge in [-0.25, -0.2) is 0 Å². The third-order valence-corrected chi connectivity index (χ3v) is 2.83. The molecular weight excluding hydrogens is 284 g/mol. The van der Waals surface area contributed by atoms with Crippen molar-refractivity contribution in [2.24, 2.45) is 0 Å². The van der Waals surface area contributed by atoms with Gasteiger partial charge in [-0.15, -0.1) is 0 Å². The van der Waals surface area contributed by atoms with Crippen molar-refractivity contribution in [3.63, 3.8) is 0 Å². The molecule has 20 heavy (non-hydrogen) atoms. The topological polar surface area (TPSA) is 76.0 Å². The Morgan fingerprint density at radius 3 is 2.65 bits per heavy atom. The number of rotatable bonds is 8. The van der Waals surface area contributed by atoms with Gasteiger partial charge in [-0.05, 0) is 19.1 Å². The number of para-hydroxylation sites is 1. The van der Waals surface area contributed by atoms with Crippen LogP contribution in [-0.4, -0.2) is 41.6 Å². The van der Waals surface area contributed by atoms with Crippen molar-refractivity contribution in [1.82, 2.24) is 0 Å². The molecule has 2 atom stereocenters. The minimum absolute atomic E-state index is 0.0103. The zero-order valence-corrected chi connectivity index (χ0v) is 12.0. The summed E-state index contributed by atoms with van der Waals surface area (Å²) < 4.78 is 10.1. The van der Waals surface area contributed by atoms with Gasteiger partial charge in [0.05, 0.1) is 30.3 Å². The highest BCUT2D eigenvalue weighted by molar-refractivity contribution is 6.32. The van der Waals surface area contributed by atoms with Crippen LogP contribution in [0.5, 0.6) is 5.75 Å². The summed E-state index contributed by atoms with van der Waals surface area (Å²) in [5.41, 5.74) is 0. The molecule has 2 N–H and O–H groups in total. The number of aliphatic hydroxyl groups excluding tert-OH is 2. The summed E-state index contributed by atoms with van der Waals surface area (Å²) in [4.78, 5) is 11.1. The third kappa shape index (κ3) is 6.23. The Morgan fingerprint density at radius 2 is 2.00 bits per heavy atom. The lowest BCUT2D eigenvalue weighted by Crippen LogP contribution is -2.26. The SMILES string of the molecule is CCOC(=O)CC(O)CC(O)COc1ccccc1Cl. The molecule has 0 spiro atoms. The van der Waals surface area contributed by atoms with Gasteiger partial charge in [-0.3, -0.25) is 4.79 Å². The van der Waals surface area contributed by atoms with Crippen molar-refractivity contribution in [2.45, 2.75) is 32.0 Å². The number of halogens is 1. The van der Waals surface area contributed by atoms with Crippen LogP contribution in [0, 0.1) is 0 Å². The molecule has 0 saturated carbocycles. The van der Waals surface area contributed by atoms with Crippen LogP contribution in [0.2, 0.25) is 5.02 Å². The quantitative estimate of drug-likeness (QED) is 0.716. The second-order valence-electron chi connectivity index (χ2n) is 4.29. The summed E-state index contributed by atoms with van der Waals surface area (Å²) >= 11 is 5.90. The first-order valence-electron chi connectivity index (χ1n) is 6.42. The fourth-order valence-electron chi connectivity index (χ4n) is 1.63. The number of hydrogen-bond donors (Lipinski definition) is 2. The zero-order chi connectivity index (χ0) is 15.0. The van der Waals surface area contributed by atoms with Crippen molar-refractivity contribution in [3.8, 4) is 5.75 Å². The summed E-state index contributed by atoms with van der Waals surface area (Å²) in [6.45, 7) is 1.95. The number of ether oxygens (including phenoxy) is 2. The average molecular weight is 303 g/mol. The molecular formula is C14H19ClO5. The summed E-state index contributed by atoms with van der Waals surface area (Å²) in [6, 6.07) is 6.90. The summed E-state index contributed by atoms with van der Waals surface area (Å²) in [5, 5.41) is 19.8. The number of hydrogen-bond acceptors (Lipinski definition) is 5. The molecule has 1 aromatic rings. The van der Waals surface area contributed by atoms with E-state index >= 15 is 0 Å². The second-order valence-corrected chi connectivity index (χ2v) is 4.70. The van der Waals surface area contributed by atoms with E-state index in [1.54, 1.807) is 31.2 Å². The highest BCUT2D eigenvalue weighted by Crippen LogP contribution is 2.23. The fourth-order valence-corrected chi connectivity index (χ4v) is 1.82. The van der Waals surface area contributed by atoms with E-state index in [0.29, 0.717) is 10.8 Å². The molecule has 0 fully saturated rings. The molecule has 6 heteroatoms. The standard InChI is InChI=1S/C14H19ClO5/c1-2-19-14(18)8-10(16)7-11(17)9-20-13-6-4-3-5-12(13)15/h3-6,10-11,16-17H,2,7-9H2,1H3. The smallest absolute Gasteiger partial charge is 0.308 e. The zero-order valence-electron chi connectivity index (χ0n) is 11.3. The first-order chi connectivity index (χ1) is 9.52. The maximum atomic E-state index is 11.1. The Labute approximate surface area is 123 Å². The van der Waals surface area contributed by atoms with E-state index in [1.165, 1.54) is 0 Å². The summed E-state index contributed by atoms with van der Waals surface area (Å²) in [6.07, 6.45) is -1.96. The average Bonchev–Trinajstić information content (AvgIpc) is 2.37. The van der Waals surface area contributed by atoms with Crippen molar-refractivity contribution in [2.75, 3.05) is 13.2 Å². The van der Waals surface area contributed by atoms with E-state index in [2.05, 4.69) is 0 Å². The van der Waals surface area contributed by atoms with E-state index in [0.717, 1.165) is 0 Å². The molecule has 2 unspecified atom stereocenters. The minimum Gasteiger partial charge on any atom is -0.489 e. The van der Waals surface area contributed by atoms with Crippen LogP contribution >= 0.6 is 11.6 Å². The Kier molecular flexibility index (Phi) is 7.36. The van der Waals surface area contributed by atoms with Crippen molar-refractivity contribution in [1.29, 1.82) is 0 Å². The van der Waals surface area contributed by atoms with E-state index in [9.17, 15) is 15.0 Å². The Bertz CT molecular complexity index is 424. The molecule has 0 aliphatic heterocycles. The molecule has 0 aromatic heterocycles. The second kappa shape index (κ2) is 8.79. The van der Waals surface area contributed by atoms with E-state index in [1.807, 2.05) is 0 Å². The molecule has 5 nitrogen and oxygen atoms in total. The van der Waals surface area contributed by atoms with Gasteiger partial charge in [0.2, 0.25) is 0 Å². The van der Waals surface area contributed by atoms with Gasteiger partial charge in [0.1, 0.15) is 12.4 Å². The molecule has 0 radical (unpaired) electrons. The molecule has 0 bridgehead atoms. The molecule has 1 aromatic carbocycles. The molecule has 0 aliphatic carbocycles. The fraction of sp³-hybridized carbons (Fsp3) is 0.500. The van der Waals surface area contributed by atoms with Gasteiger partial charge in [0.15, 0.2) is 0 Å². The van der Waals surface area contributed by atoms with Crippen molar-refractivity contribution >= 4 is 17.6 Å². The summed E-state index contributed by atoms with van der Waals surface area (Å²) in [7, 11) is 0. The number of benzene rings is 1. The Balaban J connectivity index is 2.31. The molecule has 0 saturated heterocycles. The van der Waals surface area contributed by atoms with E-state index < -0.39 is 18.2 Å². The first kappa shape index (κ1) is 16.8. The number of aliphatic hydroxyl groups is 2. The third-order valence-electron chi connectivity index (χ3n) is 2.52. The monoisotopic (exact) mass is 302 g/mol. The lowest BCUT2D eigenvalue weighted by atomic mass is 10.1. The van der Waals surface area contributed by atoms with Crippen molar-refractivity contribution in [3.05, 3.63) is 29.3 Å². The van der Waals surface area contributed by atoms with Crippen LogP contribution in [0.4, 0.5) is 0 Å². The van der Waals surface area contributed by atoms with Gasteiger partial charge in [-0.1, -0.05) is 23.7 Å². The van der Waals surface area contributed by atoms with Gasteiger partial charge < -0.3 is 19.7 Å². The van der Waals surface area contributed by atoms with Crippen LogP contribution in [0.3, 0.4) is 0 Å². The molecule has 0 heterocycles. The van der Waals surface area contributed by atoms with Gasteiger partial charge in [0, 0.05) is 6.42 Å². The van der Waals surface area contributed by atoms with Crippen molar-refractivity contribution < 1.29 is 24.5 Å². The highest BCUT2D eigenvalue weighted by atomic mass is 35.5. The predicted molar refractivity (Wildman–Crippen MR) is 74.8 cm³/mol. The normalized spacial score (nSPS) is 13.6. The van der Waals surface area contributed by atoms with Gasteiger partial charge in [0.25, 0.3) is 0 Å². The Hall–Kier alpha value is -1.30. The summed E-state index contributed by atoms with van der Waals surface area (Å²) in [5.74, 6) is -0.0210. The predicted octanol–water partition coefficient (Wildman–Crippen LogP) is 1.78. The van der Waals surface area contributed by atoms with Gasteiger partial charge in [-0.2, -0.15) is 0 Å². The molecule has 0 aliphatic rings. The lowest BCUT2D eigenvalue weighted by Gasteiger charge is -2.16. The largest absolute Gasteiger partial charge is 0.489 e.